The van der Waals surface area contributed by atoms with Gasteiger partial charge in [0.1, 0.15) is 0 Å². The highest BCUT2D eigenvalue weighted by Crippen LogP contribution is 2.35. The monoisotopic (exact) mass is 460 g/mol. The molecule has 0 fully saturated rings. The van der Waals surface area contributed by atoms with Crippen LogP contribution in [0, 0.1) is 0 Å². The molecule has 7 rings (SSSR count). The van der Waals surface area contributed by atoms with Crippen LogP contribution in [0.4, 0.5) is 11.4 Å². The molecule has 2 nitrogen and oxygen atoms in total. The zero-order chi connectivity index (χ0) is 23.9. The number of aromatic nitrogens is 1. The number of anilines is 2. The summed E-state index contributed by atoms with van der Waals surface area (Å²) in [7, 11) is 0. The Balaban J connectivity index is 1.38. The Morgan fingerprint density at radius 1 is 0.417 bits per heavy atom. The van der Waals surface area contributed by atoms with Crippen molar-refractivity contribution >= 4 is 44.0 Å². The van der Waals surface area contributed by atoms with E-state index in [2.05, 4.69) is 149 Å². The van der Waals surface area contributed by atoms with E-state index in [1.807, 2.05) is 0 Å². The van der Waals surface area contributed by atoms with Gasteiger partial charge in [-0.3, -0.25) is 0 Å². The molecule has 0 saturated carbocycles. The SMILES string of the molecule is c1ccc(-c2cccc(-n3c4ccccc4c4ccc(Nc5ccc6ccccc6c5)cc43)c2)cc1. The lowest BCUT2D eigenvalue weighted by molar-refractivity contribution is 1.18. The fourth-order valence-electron chi connectivity index (χ4n) is 5.22. The van der Waals surface area contributed by atoms with Crippen molar-refractivity contribution in [2.24, 2.45) is 0 Å². The zero-order valence-electron chi connectivity index (χ0n) is 19.7. The molecule has 0 aliphatic heterocycles. The number of hydrogen-bond donors (Lipinski definition) is 1. The van der Waals surface area contributed by atoms with Gasteiger partial charge in [-0.25, -0.2) is 0 Å². The Hall–Kier alpha value is -4.82. The molecule has 36 heavy (non-hydrogen) atoms. The topological polar surface area (TPSA) is 17.0 Å². The lowest BCUT2D eigenvalue weighted by atomic mass is 10.1. The van der Waals surface area contributed by atoms with Gasteiger partial charge in [0, 0.05) is 27.8 Å². The molecule has 0 amide bonds. The molecule has 0 spiro atoms. The maximum absolute atomic E-state index is 3.64. The van der Waals surface area contributed by atoms with Crippen LogP contribution in [0.3, 0.4) is 0 Å². The first-order valence-corrected chi connectivity index (χ1v) is 12.3. The van der Waals surface area contributed by atoms with Crippen LogP contribution in [-0.4, -0.2) is 4.57 Å². The average molecular weight is 461 g/mol. The lowest BCUT2D eigenvalue weighted by Crippen LogP contribution is -1.95. The molecule has 0 aliphatic rings. The number of fused-ring (bicyclic) bond motifs is 4. The van der Waals surface area contributed by atoms with Crippen LogP contribution < -0.4 is 5.32 Å². The maximum Gasteiger partial charge on any atom is 0.0561 e. The van der Waals surface area contributed by atoms with Gasteiger partial charge >= 0.3 is 0 Å². The normalized spacial score (nSPS) is 11.3. The molecule has 2 heteroatoms. The third-order valence-electron chi connectivity index (χ3n) is 6.92. The van der Waals surface area contributed by atoms with Crippen molar-refractivity contribution in [1.29, 1.82) is 0 Å². The molecule has 0 unspecified atom stereocenters. The quantitative estimate of drug-likeness (QED) is 0.277. The van der Waals surface area contributed by atoms with E-state index in [1.54, 1.807) is 0 Å². The summed E-state index contributed by atoms with van der Waals surface area (Å²) in [6.07, 6.45) is 0. The number of rotatable bonds is 4. The molecule has 1 N–H and O–H groups in total. The third-order valence-corrected chi connectivity index (χ3v) is 6.92. The molecule has 0 saturated heterocycles. The minimum absolute atomic E-state index is 1.07. The fraction of sp³-hybridized carbons (Fsp3) is 0. The van der Waals surface area contributed by atoms with Crippen molar-refractivity contribution in [3.8, 4) is 16.8 Å². The summed E-state index contributed by atoms with van der Waals surface area (Å²) in [5.74, 6) is 0. The van der Waals surface area contributed by atoms with Crippen molar-refractivity contribution in [3.63, 3.8) is 0 Å². The number of nitrogens with one attached hydrogen (secondary N) is 1. The standard InChI is InChI=1S/C34H24N2/c1-2-9-24(10-3-1)27-13-8-14-30(22-27)36-33-16-7-6-15-31(33)32-20-19-29(23-34(32)36)35-28-18-17-25-11-4-5-12-26(25)21-28/h1-23,35H. The minimum atomic E-state index is 1.07. The fourth-order valence-corrected chi connectivity index (χ4v) is 5.22. The number of para-hydroxylation sites is 1. The summed E-state index contributed by atoms with van der Waals surface area (Å²) in [6, 6.07) is 49.7. The van der Waals surface area contributed by atoms with Gasteiger partial charge in [0.25, 0.3) is 0 Å². The van der Waals surface area contributed by atoms with Crippen molar-refractivity contribution < 1.29 is 0 Å². The summed E-state index contributed by atoms with van der Waals surface area (Å²) < 4.78 is 2.38. The predicted molar refractivity (Wildman–Crippen MR) is 153 cm³/mol. The van der Waals surface area contributed by atoms with Crippen LogP contribution in [0.1, 0.15) is 0 Å². The van der Waals surface area contributed by atoms with Crippen molar-refractivity contribution in [1.82, 2.24) is 4.57 Å². The molecule has 6 aromatic carbocycles. The molecule has 0 bridgehead atoms. The summed E-state index contributed by atoms with van der Waals surface area (Å²) in [5.41, 5.74) is 8.14. The van der Waals surface area contributed by atoms with E-state index in [0.717, 1.165) is 17.1 Å². The Labute approximate surface area is 210 Å². The van der Waals surface area contributed by atoms with E-state index >= 15 is 0 Å². The molecule has 0 atom stereocenters. The molecular formula is C34H24N2. The highest BCUT2D eigenvalue weighted by Gasteiger charge is 2.13. The zero-order valence-corrected chi connectivity index (χ0v) is 19.7. The second kappa shape index (κ2) is 8.44. The predicted octanol–water partition coefficient (Wildman–Crippen LogP) is 9.35. The third kappa shape index (κ3) is 3.52. The van der Waals surface area contributed by atoms with Gasteiger partial charge in [-0.15, -0.1) is 0 Å². The van der Waals surface area contributed by atoms with Gasteiger partial charge < -0.3 is 9.88 Å². The Kier molecular flexibility index (Phi) is 4.82. The molecular weight excluding hydrogens is 436 g/mol. The second-order valence-corrected chi connectivity index (χ2v) is 9.19. The van der Waals surface area contributed by atoms with E-state index in [9.17, 15) is 0 Å². The Bertz CT molecular complexity index is 1860. The number of hydrogen-bond acceptors (Lipinski definition) is 1. The van der Waals surface area contributed by atoms with E-state index in [1.165, 1.54) is 43.7 Å². The van der Waals surface area contributed by atoms with Crippen molar-refractivity contribution in [3.05, 3.63) is 140 Å². The van der Waals surface area contributed by atoms with Crippen molar-refractivity contribution in [2.75, 3.05) is 5.32 Å². The smallest absolute Gasteiger partial charge is 0.0561 e. The highest BCUT2D eigenvalue weighted by atomic mass is 15.0. The first-order valence-electron chi connectivity index (χ1n) is 12.3. The number of benzene rings is 6. The average Bonchev–Trinajstić information content (AvgIpc) is 3.27. The second-order valence-electron chi connectivity index (χ2n) is 9.19. The minimum Gasteiger partial charge on any atom is -0.355 e. The summed E-state index contributed by atoms with van der Waals surface area (Å²) >= 11 is 0. The lowest BCUT2D eigenvalue weighted by Gasteiger charge is -2.12. The van der Waals surface area contributed by atoms with E-state index in [0.29, 0.717) is 0 Å². The largest absolute Gasteiger partial charge is 0.355 e. The van der Waals surface area contributed by atoms with Gasteiger partial charge in [-0.2, -0.15) is 0 Å². The van der Waals surface area contributed by atoms with Crippen LogP contribution in [0.2, 0.25) is 0 Å². The van der Waals surface area contributed by atoms with E-state index < -0.39 is 0 Å². The molecule has 1 heterocycles. The number of nitrogens with zero attached hydrogens (tertiary/aromatic N) is 1. The molecule has 0 aliphatic carbocycles. The van der Waals surface area contributed by atoms with Crippen LogP contribution in [0.5, 0.6) is 0 Å². The van der Waals surface area contributed by atoms with Gasteiger partial charge in [0.05, 0.1) is 11.0 Å². The molecule has 1 aromatic heterocycles. The molecule has 0 radical (unpaired) electrons. The van der Waals surface area contributed by atoms with Crippen LogP contribution in [-0.2, 0) is 0 Å². The van der Waals surface area contributed by atoms with Crippen molar-refractivity contribution in [2.45, 2.75) is 0 Å². The van der Waals surface area contributed by atoms with Gasteiger partial charge in [-0.1, -0.05) is 97.1 Å². The van der Waals surface area contributed by atoms with Gasteiger partial charge in [0.15, 0.2) is 0 Å². The highest BCUT2D eigenvalue weighted by molar-refractivity contribution is 6.10. The van der Waals surface area contributed by atoms with Gasteiger partial charge in [-0.05, 0) is 64.4 Å². The van der Waals surface area contributed by atoms with E-state index in [-0.39, 0.29) is 0 Å². The maximum atomic E-state index is 3.64. The van der Waals surface area contributed by atoms with Crippen LogP contribution in [0.15, 0.2) is 140 Å². The Morgan fingerprint density at radius 2 is 1.11 bits per heavy atom. The summed E-state index contributed by atoms with van der Waals surface area (Å²) in [6.45, 7) is 0. The van der Waals surface area contributed by atoms with Crippen LogP contribution >= 0.6 is 0 Å². The first kappa shape index (κ1) is 20.5. The summed E-state index contributed by atoms with van der Waals surface area (Å²) in [4.78, 5) is 0. The summed E-state index contributed by atoms with van der Waals surface area (Å²) in [5, 5.41) is 8.62. The molecule has 170 valence electrons. The first-order chi connectivity index (χ1) is 17.8. The van der Waals surface area contributed by atoms with E-state index in [4.69, 9.17) is 0 Å². The van der Waals surface area contributed by atoms with Gasteiger partial charge in [0.2, 0.25) is 0 Å². The van der Waals surface area contributed by atoms with Crippen LogP contribution in [0.25, 0.3) is 49.4 Å². The Morgan fingerprint density at radius 3 is 2.03 bits per heavy atom. The molecule has 7 aromatic rings.